The van der Waals surface area contributed by atoms with E-state index in [9.17, 15) is 30.7 Å². The van der Waals surface area contributed by atoms with Crippen molar-refractivity contribution < 1.29 is 44.3 Å². The van der Waals surface area contributed by atoms with E-state index in [4.69, 9.17) is 0 Å². The molecule has 1 fully saturated rings. The summed E-state index contributed by atoms with van der Waals surface area (Å²) in [6, 6.07) is 9.24. The van der Waals surface area contributed by atoms with E-state index < -0.39 is 63.7 Å². The lowest BCUT2D eigenvalue weighted by Crippen LogP contribution is -2.25. The molecule has 0 spiro atoms. The maximum atomic E-state index is 15.1. The third-order valence-corrected chi connectivity index (χ3v) is 7.61. The van der Waals surface area contributed by atoms with Crippen molar-refractivity contribution in [1.82, 2.24) is 0 Å². The Kier molecular flexibility index (Phi) is 8.00. The first-order chi connectivity index (χ1) is 19.8. The van der Waals surface area contributed by atoms with Gasteiger partial charge in [0.15, 0.2) is 17.5 Å². The molecule has 0 amide bonds. The Labute approximate surface area is 235 Å². The molecule has 42 heavy (non-hydrogen) atoms. The molecule has 0 aromatic heterocycles. The second-order valence-corrected chi connectivity index (χ2v) is 10.5. The molecule has 0 aliphatic heterocycles. The van der Waals surface area contributed by atoms with E-state index in [2.05, 4.69) is 11.7 Å². The van der Waals surface area contributed by atoms with E-state index in [1.165, 1.54) is 12.1 Å². The van der Waals surface area contributed by atoms with E-state index in [0.29, 0.717) is 18.1 Å². The van der Waals surface area contributed by atoms with Crippen LogP contribution < -0.4 is 4.74 Å². The first-order valence-corrected chi connectivity index (χ1v) is 13.1. The van der Waals surface area contributed by atoms with E-state index in [1.54, 1.807) is 12.1 Å². The van der Waals surface area contributed by atoms with E-state index in [0.717, 1.165) is 43.4 Å². The molecule has 0 N–H and O–H groups in total. The average Bonchev–Trinajstić information content (AvgIpc) is 2.91. The molecule has 4 aromatic carbocycles. The zero-order valence-corrected chi connectivity index (χ0v) is 22.1. The first-order valence-electron chi connectivity index (χ1n) is 13.1. The van der Waals surface area contributed by atoms with Crippen LogP contribution in [0.3, 0.4) is 0 Å². The monoisotopic (exact) mass is 594 g/mol. The van der Waals surface area contributed by atoms with Gasteiger partial charge in [-0.25, -0.2) is 30.7 Å². The van der Waals surface area contributed by atoms with Gasteiger partial charge in [0.2, 0.25) is 0 Å². The van der Waals surface area contributed by atoms with Crippen LogP contribution in [0.1, 0.15) is 49.7 Å². The van der Waals surface area contributed by atoms with Gasteiger partial charge in [0.25, 0.3) is 0 Å². The summed E-state index contributed by atoms with van der Waals surface area (Å²) >= 11 is 0. The lowest BCUT2D eigenvalue weighted by molar-refractivity contribution is -0.189. The molecule has 1 nitrogen and oxygen atoms in total. The number of alkyl halides is 2. The van der Waals surface area contributed by atoms with Gasteiger partial charge >= 0.3 is 6.11 Å². The highest BCUT2D eigenvalue weighted by atomic mass is 19.3. The fraction of sp³-hybridized carbons (Fsp3) is 0.250. The number of hydrogen-bond donors (Lipinski definition) is 0. The van der Waals surface area contributed by atoms with Crippen LogP contribution in [-0.2, 0) is 6.11 Å². The number of ether oxygens (including phenoxy) is 1. The second kappa shape index (κ2) is 11.4. The maximum Gasteiger partial charge on any atom is 0.432 e. The summed E-state index contributed by atoms with van der Waals surface area (Å²) in [5, 5.41) is 0. The molecule has 220 valence electrons. The van der Waals surface area contributed by atoms with Gasteiger partial charge in [-0.1, -0.05) is 44.0 Å². The van der Waals surface area contributed by atoms with Crippen LogP contribution >= 0.6 is 0 Å². The summed E-state index contributed by atoms with van der Waals surface area (Å²) in [7, 11) is 0. The molecule has 0 saturated heterocycles. The van der Waals surface area contributed by atoms with Crippen LogP contribution in [0.4, 0.5) is 39.5 Å². The van der Waals surface area contributed by atoms with Crippen molar-refractivity contribution in [1.29, 1.82) is 0 Å². The Balaban J connectivity index is 1.40. The Hall–Kier alpha value is -3.95. The Morgan fingerprint density at radius 2 is 1.12 bits per heavy atom. The third kappa shape index (κ3) is 5.84. The lowest BCUT2D eigenvalue weighted by atomic mass is 9.79. The number of rotatable bonds is 6. The molecular weight excluding hydrogens is 571 g/mol. The minimum atomic E-state index is -4.79. The van der Waals surface area contributed by atoms with Crippen LogP contribution in [0, 0.1) is 46.6 Å². The molecule has 4 aromatic rings. The fourth-order valence-corrected chi connectivity index (χ4v) is 5.33. The van der Waals surface area contributed by atoms with Gasteiger partial charge in [0.05, 0.1) is 0 Å². The summed E-state index contributed by atoms with van der Waals surface area (Å²) in [5.41, 5.74) is -1.58. The molecule has 0 atom stereocenters. The average molecular weight is 595 g/mol. The number of hydrogen-bond acceptors (Lipinski definition) is 1. The number of benzene rings is 4. The van der Waals surface area contributed by atoms with Gasteiger partial charge in [0.1, 0.15) is 34.6 Å². The van der Waals surface area contributed by atoms with Crippen molar-refractivity contribution in [2.45, 2.75) is 44.6 Å². The molecule has 1 aliphatic carbocycles. The molecule has 5 rings (SSSR count). The van der Waals surface area contributed by atoms with Crippen molar-refractivity contribution in [3.63, 3.8) is 0 Å². The van der Waals surface area contributed by atoms with Gasteiger partial charge in [-0.3, -0.25) is 0 Å². The van der Waals surface area contributed by atoms with Crippen molar-refractivity contribution >= 4 is 0 Å². The van der Waals surface area contributed by atoms with Crippen LogP contribution in [0.15, 0.2) is 60.7 Å². The van der Waals surface area contributed by atoms with Crippen LogP contribution in [0.2, 0.25) is 0 Å². The molecule has 0 unspecified atom stereocenters. The third-order valence-electron chi connectivity index (χ3n) is 7.61. The minimum absolute atomic E-state index is 0.0836. The summed E-state index contributed by atoms with van der Waals surface area (Å²) < 4.78 is 133. The highest BCUT2D eigenvalue weighted by Crippen LogP contribution is 2.40. The van der Waals surface area contributed by atoms with E-state index in [-0.39, 0.29) is 34.7 Å². The predicted molar refractivity (Wildman–Crippen MR) is 138 cm³/mol. The van der Waals surface area contributed by atoms with E-state index in [1.807, 2.05) is 0 Å². The molecule has 10 heteroatoms. The lowest BCUT2D eigenvalue weighted by Gasteiger charge is -2.26. The standard InChI is InChI=1S/C32H23F9O/c1-16-2-4-17(5-3-16)18-6-8-22(24(33)10-18)19-7-9-23(25(34)11-19)20-12-26(35)30(27(36)13-20)32(40,41)42-21-14-28(37)31(39)29(38)15-21/h6-17H,2-5H2,1H3. The van der Waals surface area contributed by atoms with Crippen molar-refractivity contribution in [3.05, 3.63) is 113 Å². The summed E-state index contributed by atoms with van der Waals surface area (Å²) in [4.78, 5) is 0. The van der Waals surface area contributed by atoms with Crippen LogP contribution in [-0.4, -0.2) is 0 Å². The van der Waals surface area contributed by atoms with Gasteiger partial charge in [-0.15, -0.1) is 0 Å². The predicted octanol–water partition coefficient (Wildman–Crippen LogP) is 10.4. The molecule has 1 saturated carbocycles. The molecule has 0 heterocycles. The first kappa shape index (κ1) is 29.5. The van der Waals surface area contributed by atoms with Gasteiger partial charge < -0.3 is 4.74 Å². The van der Waals surface area contributed by atoms with E-state index >= 15 is 8.78 Å². The van der Waals surface area contributed by atoms with Crippen LogP contribution in [0.5, 0.6) is 5.75 Å². The van der Waals surface area contributed by atoms with Crippen LogP contribution in [0.25, 0.3) is 22.3 Å². The highest BCUT2D eigenvalue weighted by molar-refractivity contribution is 5.72. The van der Waals surface area contributed by atoms with Crippen molar-refractivity contribution in [2.75, 3.05) is 0 Å². The minimum Gasteiger partial charge on any atom is -0.429 e. The normalized spacial score (nSPS) is 17.4. The summed E-state index contributed by atoms with van der Waals surface area (Å²) in [5.74, 6) is -11.3. The fourth-order valence-electron chi connectivity index (χ4n) is 5.33. The van der Waals surface area contributed by atoms with Crippen molar-refractivity contribution in [2.24, 2.45) is 5.92 Å². The van der Waals surface area contributed by atoms with Crippen molar-refractivity contribution in [3.8, 4) is 28.0 Å². The van der Waals surface area contributed by atoms with Gasteiger partial charge in [-0.2, -0.15) is 8.78 Å². The number of halogens is 9. The largest absolute Gasteiger partial charge is 0.432 e. The SMILES string of the molecule is CC1CCC(c2ccc(-c3ccc(-c4cc(F)c(C(F)(F)Oc5cc(F)c(F)c(F)c5)c(F)c4)c(F)c3)c(F)c2)CC1. The smallest absolute Gasteiger partial charge is 0.429 e. The maximum absolute atomic E-state index is 15.1. The van der Waals surface area contributed by atoms with Gasteiger partial charge in [0, 0.05) is 23.3 Å². The van der Waals surface area contributed by atoms with Gasteiger partial charge in [-0.05, 0) is 65.6 Å². The summed E-state index contributed by atoms with van der Waals surface area (Å²) in [6.45, 7) is 2.18. The Morgan fingerprint density at radius 3 is 1.69 bits per heavy atom. The summed E-state index contributed by atoms with van der Waals surface area (Å²) in [6.07, 6.45) is -0.762. The molecule has 1 aliphatic rings. The highest BCUT2D eigenvalue weighted by Gasteiger charge is 2.41. The zero-order chi connectivity index (χ0) is 30.3. The molecule has 0 bridgehead atoms. The Bertz CT molecular complexity index is 1600. The molecular formula is C32H23F9O. The molecule has 0 radical (unpaired) electrons. The Morgan fingerprint density at radius 1 is 0.595 bits per heavy atom. The quantitative estimate of drug-likeness (QED) is 0.159. The zero-order valence-electron chi connectivity index (χ0n) is 22.1. The second-order valence-electron chi connectivity index (χ2n) is 10.5. The topological polar surface area (TPSA) is 9.23 Å².